The summed E-state index contributed by atoms with van der Waals surface area (Å²) in [5, 5.41) is 0. The number of amides is 1. The molecule has 1 saturated heterocycles. The number of rotatable bonds is 7. The molecule has 184 valence electrons. The largest absolute Gasteiger partial charge is 0.330 e. The van der Waals surface area contributed by atoms with Crippen LogP contribution in [-0.2, 0) is 23.1 Å². The van der Waals surface area contributed by atoms with E-state index in [4.69, 9.17) is 0 Å². The minimum Gasteiger partial charge on any atom is -0.330 e. The molecule has 4 rings (SSSR count). The van der Waals surface area contributed by atoms with Crippen molar-refractivity contribution in [3.05, 3.63) is 101 Å². The fourth-order valence-electron chi connectivity index (χ4n) is 4.51. The number of carbonyl (C=O) groups excluding carboxylic acids is 1. The maximum absolute atomic E-state index is 13.6. The molecule has 1 aliphatic heterocycles. The van der Waals surface area contributed by atoms with E-state index in [-0.39, 0.29) is 28.6 Å². The second kappa shape index (κ2) is 10.3. The van der Waals surface area contributed by atoms with E-state index in [0.717, 1.165) is 24.0 Å². The maximum Gasteiger partial charge on any atom is 0.254 e. The second-order valence-corrected chi connectivity index (χ2v) is 11.8. The summed E-state index contributed by atoms with van der Waals surface area (Å²) in [7, 11) is -3.72. The van der Waals surface area contributed by atoms with Crippen molar-refractivity contribution in [2.45, 2.75) is 44.7 Å². The van der Waals surface area contributed by atoms with Gasteiger partial charge in [0.1, 0.15) is 5.82 Å². The van der Waals surface area contributed by atoms with E-state index in [1.807, 2.05) is 30.3 Å². The van der Waals surface area contributed by atoms with Crippen molar-refractivity contribution in [2.75, 3.05) is 13.1 Å². The number of sulfonamides is 1. The smallest absolute Gasteiger partial charge is 0.254 e. The van der Waals surface area contributed by atoms with Crippen LogP contribution < -0.4 is 0 Å². The highest BCUT2D eigenvalue weighted by Crippen LogP contribution is 2.32. The van der Waals surface area contributed by atoms with Gasteiger partial charge < -0.3 is 4.90 Å². The number of nitrogens with zero attached hydrogens (tertiary/aromatic N) is 2. The van der Waals surface area contributed by atoms with Crippen molar-refractivity contribution in [1.82, 2.24) is 9.21 Å². The first kappa shape index (κ1) is 25.1. The zero-order valence-electron chi connectivity index (χ0n) is 20.2. The lowest BCUT2D eigenvalue weighted by molar-refractivity contribution is 0.0729. The molecule has 0 aromatic heterocycles. The molecule has 0 radical (unpaired) electrons. The highest BCUT2D eigenvalue weighted by molar-refractivity contribution is 7.89. The van der Waals surface area contributed by atoms with Crippen molar-refractivity contribution in [1.29, 1.82) is 0 Å². The Hall–Kier alpha value is -3.03. The van der Waals surface area contributed by atoms with E-state index in [0.29, 0.717) is 25.2 Å². The topological polar surface area (TPSA) is 57.7 Å². The van der Waals surface area contributed by atoms with E-state index in [1.54, 1.807) is 35.2 Å². The van der Waals surface area contributed by atoms with Crippen molar-refractivity contribution in [3.63, 3.8) is 0 Å². The minimum absolute atomic E-state index is 0.0829. The summed E-state index contributed by atoms with van der Waals surface area (Å²) in [6, 6.07) is 21.9. The molecule has 0 spiro atoms. The molecule has 1 heterocycles. The fraction of sp³-hybridized carbons (Fsp3) is 0.321. The van der Waals surface area contributed by atoms with Crippen molar-refractivity contribution in [2.24, 2.45) is 5.41 Å². The summed E-state index contributed by atoms with van der Waals surface area (Å²) in [4.78, 5) is 15.4. The van der Waals surface area contributed by atoms with E-state index in [9.17, 15) is 17.6 Å². The Bertz CT molecular complexity index is 1280. The number of carbonyl (C=O) groups is 1. The second-order valence-electron chi connectivity index (χ2n) is 9.91. The monoisotopic (exact) mass is 494 g/mol. The normalized spacial score (nSPS) is 16.1. The number of halogens is 1. The SMILES string of the molecule is CC1(C)CCCN(S(=O)(=O)c2cccc(C(=O)N(Cc3ccccc3)Cc3ccc(F)cc3)c2)C1. The number of hydrogen-bond donors (Lipinski definition) is 0. The molecule has 1 fully saturated rings. The van der Waals surface area contributed by atoms with Crippen LogP contribution in [0.3, 0.4) is 0 Å². The van der Waals surface area contributed by atoms with Gasteiger partial charge in [0.25, 0.3) is 5.91 Å². The van der Waals surface area contributed by atoms with Gasteiger partial charge >= 0.3 is 0 Å². The number of hydrogen-bond acceptors (Lipinski definition) is 3. The van der Waals surface area contributed by atoms with Crippen LogP contribution in [0.2, 0.25) is 0 Å². The molecule has 0 atom stereocenters. The van der Waals surface area contributed by atoms with Gasteiger partial charge in [0.15, 0.2) is 0 Å². The third kappa shape index (κ3) is 6.16. The van der Waals surface area contributed by atoms with Crippen LogP contribution in [0.15, 0.2) is 83.8 Å². The van der Waals surface area contributed by atoms with Gasteiger partial charge in [0.2, 0.25) is 10.0 Å². The van der Waals surface area contributed by atoms with Crippen molar-refractivity contribution >= 4 is 15.9 Å². The number of piperidine rings is 1. The molecule has 7 heteroatoms. The van der Waals surface area contributed by atoms with Gasteiger partial charge in [-0.25, -0.2) is 12.8 Å². The van der Waals surface area contributed by atoms with Crippen LogP contribution in [0.5, 0.6) is 0 Å². The first-order valence-corrected chi connectivity index (χ1v) is 13.3. The molecule has 0 saturated carbocycles. The van der Waals surface area contributed by atoms with E-state index < -0.39 is 10.0 Å². The first-order chi connectivity index (χ1) is 16.6. The lowest BCUT2D eigenvalue weighted by atomic mass is 9.85. The molecular formula is C28H31FN2O3S. The predicted molar refractivity (Wildman–Crippen MR) is 135 cm³/mol. The van der Waals surface area contributed by atoms with Gasteiger partial charge in [-0.1, -0.05) is 62.4 Å². The van der Waals surface area contributed by atoms with Crippen molar-refractivity contribution in [3.8, 4) is 0 Å². The molecule has 3 aromatic carbocycles. The van der Waals surface area contributed by atoms with E-state index >= 15 is 0 Å². The zero-order valence-corrected chi connectivity index (χ0v) is 21.0. The van der Waals surface area contributed by atoms with Gasteiger partial charge in [-0.05, 0) is 59.7 Å². The maximum atomic E-state index is 13.6. The molecule has 3 aromatic rings. The van der Waals surface area contributed by atoms with E-state index in [2.05, 4.69) is 13.8 Å². The molecule has 1 aliphatic rings. The Kier molecular flexibility index (Phi) is 7.38. The Morgan fingerprint density at radius 2 is 1.60 bits per heavy atom. The van der Waals surface area contributed by atoms with Crippen LogP contribution in [0.1, 0.15) is 48.2 Å². The highest BCUT2D eigenvalue weighted by Gasteiger charge is 2.34. The molecule has 35 heavy (non-hydrogen) atoms. The summed E-state index contributed by atoms with van der Waals surface area (Å²) >= 11 is 0. The first-order valence-electron chi connectivity index (χ1n) is 11.8. The summed E-state index contributed by atoms with van der Waals surface area (Å²) in [6.45, 7) is 5.70. The van der Waals surface area contributed by atoms with Crippen LogP contribution in [0, 0.1) is 11.2 Å². The van der Waals surface area contributed by atoms with Gasteiger partial charge in [-0.3, -0.25) is 4.79 Å². The summed E-state index contributed by atoms with van der Waals surface area (Å²) in [5.74, 6) is -0.623. The Balaban J connectivity index is 1.62. The van der Waals surface area contributed by atoms with Crippen molar-refractivity contribution < 1.29 is 17.6 Å². The number of benzene rings is 3. The standard InChI is InChI=1S/C28H31FN2O3S/c1-28(2)16-7-17-31(21-28)35(33,34)26-11-6-10-24(18-26)27(32)30(19-22-8-4-3-5-9-22)20-23-12-14-25(29)15-13-23/h3-6,8-15,18H,7,16-17,19-21H2,1-2H3. The minimum atomic E-state index is -3.72. The van der Waals surface area contributed by atoms with Gasteiger partial charge in [-0.15, -0.1) is 0 Å². The van der Waals surface area contributed by atoms with Gasteiger partial charge in [0.05, 0.1) is 4.90 Å². The van der Waals surface area contributed by atoms with Crippen LogP contribution in [-0.4, -0.2) is 36.6 Å². The van der Waals surface area contributed by atoms with Gasteiger partial charge in [-0.2, -0.15) is 4.31 Å². The molecule has 0 bridgehead atoms. The average molecular weight is 495 g/mol. The summed E-state index contributed by atoms with van der Waals surface area (Å²) < 4.78 is 41.7. The van der Waals surface area contributed by atoms with Crippen LogP contribution >= 0.6 is 0 Å². The quantitative estimate of drug-likeness (QED) is 0.437. The highest BCUT2D eigenvalue weighted by atomic mass is 32.2. The Labute approximate surface area is 207 Å². The third-order valence-corrected chi connectivity index (χ3v) is 8.22. The fourth-order valence-corrected chi connectivity index (χ4v) is 6.22. The van der Waals surface area contributed by atoms with Crippen LogP contribution in [0.25, 0.3) is 0 Å². The van der Waals surface area contributed by atoms with Gasteiger partial charge in [0, 0.05) is 31.7 Å². The van der Waals surface area contributed by atoms with E-state index in [1.165, 1.54) is 22.5 Å². The average Bonchev–Trinajstić information content (AvgIpc) is 2.84. The summed E-state index contributed by atoms with van der Waals surface area (Å²) in [5.41, 5.74) is 1.96. The molecule has 0 aliphatic carbocycles. The zero-order chi connectivity index (χ0) is 25.1. The van der Waals surface area contributed by atoms with Crippen LogP contribution in [0.4, 0.5) is 4.39 Å². The lowest BCUT2D eigenvalue weighted by Gasteiger charge is -2.37. The Morgan fingerprint density at radius 3 is 2.26 bits per heavy atom. The predicted octanol–water partition coefficient (Wildman–Crippen LogP) is 5.48. The molecular weight excluding hydrogens is 463 g/mol. The summed E-state index contributed by atoms with van der Waals surface area (Å²) in [6.07, 6.45) is 1.79. The molecule has 5 nitrogen and oxygen atoms in total. The molecule has 1 amide bonds. The molecule has 0 N–H and O–H groups in total. The molecule has 0 unspecified atom stereocenters. The lowest BCUT2D eigenvalue weighted by Crippen LogP contribution is -2.43. The third-order valence-electron chi connectivity index (χ3n) is 6.37. The Morgan fingerprint density at radius 1 is 0.943 bits per heavy atom.